The minimum absolute atomic E-state index is 0.0937. The lowest BCUT2D eigenvalue weighted by atomic mass is 10.1. The molecule has 2 fully saturated rings. The van der Waals surface area contributed by atoms with E-state index in [9.17, 15) is 0 Å². The van der Waals surface area contributed by atoms with Gasteiger partial charge in [0.15, 0.2) is 0 Å². The van der Waals surface area contributed by atoms with Crippen molar-refractivity contribution in [3.8, 4) is 0 Å². The van der Waals surface area contributed by atoms with Crippen LogP contribution in [0.5, 0.6) is 0 Å². The smallest absolute Gasteiger partial charge is 0.397 e. The molecule has 0 aromatic heterocycles. The fourth-order valence-electron chi connectivity index (χ4n) is 3.80. The van der Waals surface area contributed by atoms with Crippen molar-refractivity contribution in [2.75, 3.05) is 34.5 Å². The van der Waals surface area contributed by atoms with Gasteiger partial charge in [-0.05, 0) is 20.3 Å². The number of hydrogen-bond acceptors (Lipinski definition) is 9. The highest BCUT2D eigenvalue weighted by Gasteiger charge is 2.46. The topological polar surface area (TPSA) is 99.9 Å². The second-order valence-corrected chi connectivity index (χ2v) is 8.29. The fourth-order valence-corrected chi connectivity index (χ4v) is 4.97. The third kappa shape index (κ3) is 6.09. The van der Waals surface area contributed by atoms with Gasteiger partial charge in [-0.15, -0.1) is 0 Å². The summed E-state index contributed by atoms with van der Waals surface area (Å²) in [5.41, 5.74) is 5.64. The monoisotopic (exact) mass is 437 g/mol. The van der Waals surface area contributed by atoms with Crippen LogP contribution in [0.1, 0.15) is 27.2 Å². The summed E-state index contributed by atoms with van der Waals surface area (Å²) in [7, 11) is 3.12. The van der Waals surface area contributed by atoms with E-state index in [1.165, 1.54) is 0 Å². The van der Waals surface area contributed by atoms with Crippen molar-refractivity contribution in [1.29, 1.82) is 0 Å². The summed E-state index contributed by atoms with van der Waals surface area (Å²) in [6.45, 7) is 10.1. The minimum atomic E-state index is -1.79. The van der Waals surface area contributed by atoms with Crippen LogP contribution >= 0.6 is 8.60 Å². The molecule has 0 saturated carbocycles. The molecule has 0 bridgehead atoms. The van der Waals surface area contributed by atoms with E-state index in [-0.39, 0.29) is 62.0 Å². The van der Waals surface area contributed by atoms with Gasteiger partial charge in [0.25, 0.3) is 0 Å². The lowest BCUT2D eigenvalue weighted by Crippen LogP contribution is -2.37. The van der Waals surface area contributed by atoms with Gasteiger partial charge in [-0.3, -0.25) is 9.05 Å². The molecule has 9 atom stereocenters. The summed E-state index contributed by atoms with van der Waals surface area (Å²) in [5, 5.41) is 0. The Bertz CT molecular complexity index is 513. The van der Waals surface area contributed by atoms with E-state index in [1.54, 1.807) is 21.3 Å². The summed E-state index contributed by atoms with van der Waals surface area (Å²) in [5.74, 6) is 0.379. The SMILES string of the molecule is C=C(CN)OP(OC[C@H]1O[C@@H](C)[C@@H](OC)C1OC)OC1[C@@H](CC)O[C@@H](C)[C@H]1OC. The Balaban J connectivity index is 2.05. The number of methoxy groups -OCH3 is 3. The van der Waals surface area contributed by atoms with Crippen molar-refractivity contribution >= 4 is 8.60 Å². The molecule has 2 rings (SSSR count). The Labute approximate surface area is 175 Å². The molecular weight excluding hydrogens is 401 g/mol. The van der Waals surface area contributed by atoms with Crippen LogP contribution in [0.3, 0.4) is 0 Å². The minimum Gasteiger partial charge on any atom is -0.431 e. The Morgan fingerprint density at radius 3 is 2.00 bits per heavy atom. The van der Waals surface area contributed by atoms with Crippen LogP contribution in [0, 0.1) is 0 Å². The van der Waals surface area contributed by atoms with Gasteiger partial charge in [0.1, 0.15) is 36.3 Å². The molecular formula is C19H36NO8P. The Morgan fingerprint density at radius 2 is 1.48 bits per heavy atom. The number of rotatable bonds is 12. The molecule has 2 heterocycles. The van der Waals surface area contributed by atoms with Gasteiger partial charge in [0.2, 0.25) is 0 Å². The zero-order chi connectivity index (χ0) is 21.6. The van der Waals surface area contributed by atoms with Gasteiger partial charge >= 0.3 is 8.60 Å². The highest BCUT2D eigenvalue weighted by Crippen LogP contribution is 2.47. The van der Waals surface area contributed by atoms with Crippen LogP contribution in [0.15, 0.2) is 12.3 Å². The Morgan fingerprint density at radius 1 is 0.931 bits per heavy atom. The van der Waals surface area contributed by atoms with Gasteiger partial charge in [-0.2, -0.15) is 0 Å². The van der Waals surface area contributed by atoms with Crippen molar-refractivity contribution in [2.24, 2.45) is 5.73 Å². The molecule has 0 amide bonds. The zero-order valence-electron chi connectivity index (χ0n) is 18.2. The first-order valence-corrected chi connectivity index (χ1v) is 11.0. The quantitative estimate of drug-likeness (QED) is 0.363. The highest BCUT2D eigenvalue weighted by atomic mass is 31.2. The standard InChI is InChI=1S/C19H36NO8P/c1-8-14-19(17(22-6)13(4)25-14)28-29(27-11(2)9-20)24-10-15-18(23-7)16(21-5)12(3)26-15/h12-19H,2,8-10,20H2,1,3-7H3/t12-,13-,14+,15+,16+,17+,18?,19?,29?/m0/s1. The second kappa shape index (κ2) is 11.9. The summed E-state index contributed by atoms with van der Waals surface area (Å²) in [6, 6.07) is 0. The molecule has 0 aromatic carbocycles. The van der Waals surface area contributed by atoms with Crippen molar-refractivity contribution in [1.82, 2.24) is 0 Å². The van der Waals surface area contributed by atoms with Crippen molar-refractivity contribution in [3.63, 3.8) is 0 Å². The van der Waals surface area contributed by atoms with Crippen molar-refractivity contribution < 1.29 is 37.3 Å². The lowest BCUT2D eigenvalue weighted by Gasteiger charge is -2.27. The van der Waals surface area contributed by atoms with Crippen molar-refractivity contribution in [2.45, 2.75) is 76.0 Å². The van der Waals surface area contributed by atoms with E-state index in [0.29, 0.717) is 5.76 Å². The van der Waals surface area contributed by atoms with Crippen molar-refractivity contribution in [3.05, 3.63) is 12.3 Å². The largest absolute Gasteiger partial charge is 0.431 e. The molecule has 0 radical (unpaired) electrons. The van der Waals surface area contributed by atoms with Gasteiger partial charge in [0.05, 0.1) is 31.5 Å². The maximum Gasteiger partial charge on any atom is 0.397 e. The van der Waals surface area contributed by atoms with E-state index in [1.807, 2.05) is 20.8 Å². The second-order valence-electron chi connectivity index (χ2n) is 7.19. The summed E-state index contributed by atoms with van der Waals surface area (Å²) < 4.78 is 46.5. The summed E-state index contributed by atoms with van der Waals surface area (Å²) in [6.07, 6.45) is -0.850. The molecule has 9 nitrogen and oxygen atoms in total. The lowest BCUT2D eigenvalue weighted by molar-refractivity contribution is -0.0428. The molecule has 2 aliphatic rings. The van der Waals surface area contributed by atoms with E-state index >= 15 is 0 Å². The van der Waals surface area contributed by atoms with Crippen LogP contribution < -0.4 is 5.73 Å². The molecule has 0 aromatic rings. The molecule has 0 spiro atoms. The number of hydrogen-bond donors (Lipinski definition) is 1. The zero-order valence-corrected chi connectivity index (χ0v) is 19.1. The van der Waals surface area contributed by atoms with Crippen LogP contribution in [0.25, 0.3) is 0 Å². The third-order valence-corrected chi connectivity index (χ3v) is 6.47. The molecule has 10 heteroatoms. The summed E-state index contributed by atoms with van der Waals surface area (Å²) >= 11 is 0. The van der Waals surface area contributed by atoms with Gasteiger partial charge in [-0.25, -0.2) is 0 Å². The van der Waals surface area contributed by atoms with E-state index < -0.39 is 8.60 Å². The normalized spacial score (nSPS) is 38.3. The molecule has 29 heavy (non-hydrogen) atoms. The number of nitrogens with two attached hydrogens (primary N) is 1. The maximum atomic E-state index is 6.20. The van der Waals surface area contributed by atoms with Gasteiger partial charge < -0.3 is 33.9 Å². The van der Waals surface area contributed by atoms with Gasteiger partial charge in [-0.1, -0.05) is 13.5 Å². The van der Waals surface area contributed by atoms with E-state index in [2.05, 4.69) is 6.58 Å². The molecule has 2 aliphatic heterocycles. The first-order chi connectivity index (χ1) is 13.9. The Kier molecular flexibility index (Phi) is 10.2. The van der Waals surface area contributed by atoms with Crippen LogP contribution in [0.4, 0.5) is 0 Å². The van der Waals surface area contributed by atoms with Crippen LogP contribution in [-0.4, -0.2) is 83.3 Å². The summed E-state index contributed by atoms with van der Waals surface area (Å²) in [4.78, 5) is 0. The highest BCUT2D eigenvalue weighted by molar-refractivity contribution is 7.41. The van der Waals surface area contributed by atoms with E-state index in [0.717, 1.165) is 6.42 Å². The molecule has 0 aliphatic carbocycles. The number of ether oxygens (including phenoxy) is 5. The predicted molar refractivity (Wildman–Crippen MR) is 108 cm³/mol. The average Bonchev–Trinajstić information content (AvgIpc) is 3.20. The molecule has 2 saturated heterocycles. The molecule has 170 valence electrons. The maximum absolute atomic E-state index is 6.20. The Hall–Kier alpha value is -0.350. The van der Waals surface area contributed by atoms with Gasteiger partial charge in [0, 0.05) is 21.3 Å². The molecule has 3 unspecified atom stereocenters. The van der Waals surface area contributed by atoms with Crippen LogP contribution in [0.2, 0.25) is 0 Å². The predicted octanol–water partition coefficient (Wildman–Crippen LogP) is 2.13. The molecule has 2 N–H and O–H groups in total. The first kappa shape index (κ1) is 24.9. The third-order valence-electron chi connectivity index (χ3n) is 5.29. The fraction of sp³-hybridized carbons (Fsp3) is 0.895. The average molecular weight is 437 g/mol. The first-order valence-electron chi connectivity index (χ1n) is 9.94. The van der Waals surface area contributed by atoms with Crippen LogP contribution in [-0.2, 0) is 37.3 Å². The van der Waals surface area contributed by atoms with E-state index in [4.69, 9.17) is 43.0 Å².